The number of hydrogen-bond donors (Lipinski definition) is 1. The van der Waals surface area contributed by atoms with Crippen LogP contribution in [0.3, 0.4) is 0 Å². The fourth-order valence-electron chi connectivity index (χ4n) is 1.53. The molecule has 5 nitrogen and oxygen atoms in total. The highest BCUT2D eigenvalue weighted by Gasteiger charge is 2.13. The monoisotopic (exact) mass is 237 g/mol. The van der Waals surface area contributed by atoms with Gasteiger partial charge < -0.3 is 5.11 Å². The van der Waals surface area contributed by atoms with Gasteiger partial charge in [-0.2, -0.15) is 0 Å². The fraction of sp³-hybridized carbons (Fsp3) is 0.417. The highest BCUT2D eigenvalue weighted by Crippen LogP contribution is 2.20. The first-order valence-corrected chi connectivity index (χ1v) is 5.48. The number of benzene rings is 1. The molecule has 0 aliphatic carbocycles. The highest BCUT2D eigenvalue weighted by atomic mass is 16.6. The second-order valence-corrected chi connectivity index (χ2v) is 3.86. The van der Waals surface area contributed by atoms with Crippen molar-refractivity contribution >= 4 is 11.5 Å². The normalized spacial score (nSPS) is 12.1. The van der Waals surface area contributed by atoms with Crippen molar-refractivity contribution < 1.29 is 14.8 Å². The van der Waals surface area contributed by atoms with Gasteiger partial charge in [-0.1, -0.05) is 6.92 Å². The van der Waals surface area contributed by atoms with E-state index in [0.29, 0.717) is 12.0 Å². The summed E-state index contributed by atoms with van der Waals surface area (Å²) < 4.78 is 0. The Hall–Kier alpha value is -1.75. The van der Waals surface area contributed by atoms with Crippen LogP contribution in [-0.4, -0.2) is 15.8 Å². The first-order chi connectivity index (χ1) is 8.04. The van der Waals surface area contributed by atoms with E-state index in [1.54, 1.807) is 0 Å². The Morgan fingerprint density at radius 1 is 1.41 bits per heavy atom. The summed E-state index contributed by atoms with van der Waals surface area (Å²) in [6.45, 7) is 1.90. The van der Waals surface area contributed by atoms with E-state index < -0.39 is 11.0 Å². The van der Waals surface area contributed by atoms with Crippen LogP contribution >= 0.6 is 0 Å². The molecule has 92 valence electrons. The van der Waals surface area contributed by atoms with Crippen LogP contribution in [-0.2, 0) is 4.79 Å². The molecule has 0 spiro atoms. The van der Waals surface area contributed by atoms with Crippen LogP contribution in [0.5, 0.6) is 0 Å². The van der Waals surface area contributed by atoms with Crippen LogP contribution in [0.25, 0.3) is 0 Å². The van der Waals surface area contributed by atoms with Crippen LogP contribution in [0.4, 0.5) is 5.69 Å². The molecule has 0 saturated carbocycles. The average Bonchev–Trinajstić information content (AvgIpc) is 2.29. The molecule has 0 amide bonds. The van der Waals surface area contributed by atoms with Gasteiger partial charge in [0.2, 0.25) is 0 Å². The van der Waals surface area contributed by atoms with E-state index >= 15 is 0 Å². The van der Waals surface area contributed by atoms with Gasteiger partial charge in [-0.25, -0.2) is 0 Å². The van der Waals surface area contributed by atoms with Crippen molar-refractivity contribution in [3.63, 3.8) is 0 Å². The number of nitro benzene ring substituents is 1. The van der Waals surface area contributed by atoms with Gasteiger partial charge in [-0.3, -0.25) is 14.9 Å². The minimum absolute atomic E-state index is 0.00153. The Bertz CT molecular complexity index is 399. The molecule has 0 saturated heterocycles. The second-order valence-electron chi connectivity index (χ2n) is 3.86. The molecule has 0 aliphatic rings. The average molecular weight is 237 g/mol. The quantitative estimate of drug-likeness (QED) is 0.608. The molecule has 0 heterocycles. The number of nitrogens with zero attached hydrogens (tertiary/aromatic N) is 1. The first-order valence-electron chi connectivity index (χ1n) is 5.48. The summed E-state index contributed by atoms with van der Waals surface area (Å²) in [5.74, 6) is -0.00153. The number of Topliss-reactive ketones (excluding diaryl/α,β-unsaturated/α-hetero) is 1. The number of non-ortho nitro benzene ring substituents is 1. The molecule has 0 fully saturated rings. The lowest BCUT2D eigenvalue weighted by atomic mass is 10.0. The smallest absolute Gasteiger partial charge is 0.269 e. The number of carbonyl (C=O) groups is 1. The summed E-state index contributed by atoms with van der Waals surface area (Å²) in [6.07, 6.45) is 0.386. The Balaban J connectivity index is 2.66. The predicted octanol–water partition coefficient (Wildman–Crippen LogP) is 2.39. The molecular weight excluding hydrogens is 222 g/mol. The lowest BCUT2D eigenvalue weighted by Gasteiger charge is -2.09. The molecule has 0 aliphatic heterocycles. The third-order valence-electron chi connectivity index (χ3n) is 2.44. The molecule has 0 unspecified atom stereocenters. The van der Waals surface area contributed by atoms with Gasteiger partial charge in [-0.15, -0.1) is 0 Å². The summed E-state index contributed by atoms with van der Waals surface area (Å²) >= 11 is 0. The third kappa shape index (κ3) is 3.96. The van der Waals surface area contributed by atoms with Crippen molar-refractivity contribution in [1.29, 1.82) is 0 Å². The Morgan fingerprint density at radius 3 is 2.47 bits per heavy atom. The van der Waals surface area contributed by atoms with E-state index in [9.17, 15) is 20.0 Å². The van der Waals surface area contributed by atoms with Crippen LogP contribution in [0, 0.1) is 10.1 Å². The Kier molecular flexibility index (Phi) is 4.78. The van der Waals surface area contributed by atoms with Gasteiger partial charge in [0.15, 0.2) is 0 Å². The predicted molar refractivity (Wildman–Crippen MR) is 62.6 cm³/mol. The number of aliphatic hydroxyl groups is 1. The zero-order chi connectivity index (χ0) is 12.8. The highest BCUT2D eigenvalue weighted by molar-refractivity contribution is 5.78. The van der Waals surface area contributed by atoms with Crippen molar-refractivity contribution in [2.45, 2.75) is 32.3 Å². The van der Waals surface area contributed by atoms with Crippen LogP contribution < -0.4 is 0 Å². The van der Waals surface area contributed by atoms with Crippen LogP contribution in [0.15, 0.2) is 24.3 Å². The maximum atomic E-state index is 11.3. The molecule has 1 N–H and O–H groups in total. The molecule has 1 aromatic carbocycles. The van der Waals surface area contributed by atoms with E-state index in [0.717, 1.165) is 6.42 Å². The number of carbonyl (C=O) groups excluding carboxylic acids is 1. The molecule has 1 rings (SSSR count). The maximum absolute atomic E-state index is 11.3. The molecule has 5 heteroatoms. The third-order valence-corrected chi connectivity index (χ3v) is 2.44. The van der Waals surface area contributed by atoms with Crippen LogP contribution in [0.1, 0.15) is 37.9 Å². The van der Waals surface area contributed by atoms with E-state index in [1.165, 1.54) is 24.3 Å². The van der Waals surface area contributed by atoms with Gasteiger partial charge in [0, 0.05) is 25.0 Å². The number of rotatable bonds is 6. The fourth-order valence-corrected chi connectivity index (χ4v) is 1.53. The second kappa shape index (κ2) is 6.10. The Labute approximate surface area is 99.2 Å². The van der Waals surface area contributed by atoms with Crippen molar-refractivity contribution in [2.75, 3.05) is 0 Å². The van der Waals surface area contributed by atoms with Crippen LogP contribution in [0.2, 0.25) is 0 Å². The number of nitro groups is 1. The zero-order valence-corrected chi connectivity index (χ0v) is 9.63. The number of hydrogen-bond acceptors (Lipinski definition) is 4. The first kappa shape index (κ1) is 13.3. The summed E-state index contributed by atoms with van der Waals surface area (Å²) in [7, 11) is 0. The molecule has 1 aromatic rings. The van der Waals surface area contributed by atoms with Gasteiger partial charge in [0.1, 0.15) is 5.78 Å². The number of aliphatic hydroxyl groups excluding tert-OH is 1. The minimum Gasteiger partial charge on any atom is -0.388 e. The number of ketones is 1. The molecular formula is C12H15NO4. The van der Waals surface area contributed by atoms with Crippen molar-refractivity contribution in [1.82, 2.24) is 0 Å². The minimum atomic E-state index is -0.880. The summed E-state index contributed by atoms with van der Waals surface area (Å²) in [5, 5.41) is 20.2. The van der Waals surface area contributed by atoms with Gasteiger partial charge in [0.25, 0.3) is 5.69 Å². The van der Waals surface area contributed by atoms with Crippen molar-refractivity contribution in [3.05, 3.63) is 39.9 Å². The van der Waals surface area contributed by atoms with Gasteiger partial charge >= 0.3 is 0 Å². The van der Waals surface area contributed by atoms with Crippen molar-refractivity contribution in [3.8, 4) is 0 Å². The van der Waals surface area contributed by atoms with E-state index in [2.05, 4.69) is 0 Å². The van der Waals surface area contributed by atoms with E-state index in [1.807, 2.05) is 6.92 Å². The van der Waals surface area contributed by atoms with Gasteiger partial charge in [0.05, 0.1) is 11.0 Å². The zero-order valence-electron chi connectivity index (χ0n) is 9.63. The molecule has 17 heavy (non-hydrogen) atoms. The molecule has 0 radical (unpaired) electrons. The van der Waals surface area contributed by atoms with Gasteiger partial charge in [-0.05, 0) is 24.1 Å². The SMILES string of the molecule is CCCC(=O)C[C@H](O)c1ccc([N+](=O)[O-])cc1. The molecule has 0 aromatic heterocycles. The lowest BCUT2D eigenvalue weighted by molar-refractivity contribution is -0.384. The summed E-state index contributed by atoms with van der Waals surface area (Å²) in [6, 6.07) is 5.59. The summed E-state index contributed by atoms with van der Waals surface area (Å²) in [4.78, 5) is 21.3. The summed E-state index contributed by atoms with van der Waals surface area (Å²) in [5.41, 5.74) is 0.501. The van der Waals surface area contributed by atoms with E-state index in [-0.39, 0.29) is 17.9 Å². The lowest BCUT2D eigenvalue weighted by Crippen LogP contribution is -2.06. The molecule has 1 atom stereocenters. The maximum Gasteiger partial charge on any atom is 0.269 e. The van der Waals surface area contributed by atoms with Crippen molar-refractivity contribution in [2.24, 2.45) is 0 Å². The largest absolute Gasteiger partial charge is 0.388 e. The molecule has 0 bridgehead atoms. The topological polar surface area (TPSA) is 80.4 Å². The Morgan fingerprint density at radius 2 is 2.00 bits per heavy atom. The standard InChI is InChI=1S/C12H15NO4/c1-2-3-11(14)8-12(15)9-4-6-10(7-5-9)13(16)17/h4-7,12,15H,2-3,8H2,1H3/t12-/m0/s1. The van der Waals surface area contributed by atoms with E-state index in [4.69, 9.17) is 0 Å².